The Labute approximate surface area is 349 Å². The predicted molar refractivity (Wildman–Crippen MR) is 252 cm³/mol. The summed E-state index contributed by atoms with van der Waals surface area (Å²) in [5, 5.41) is 5.84. The largest absolute Gasteiger partial charge is 0.493 e. The van der Waals surface area contributed by atoms with E-state index < -0.39 is 8.07 Å². The zero-order valence-corrected chi connectivity index (χ0v) is 38.1. The molecule has 0 saturated carbocycles. The van der Waals surface area contributed by atoms with Crippen molar-refractivity contribution in [3.05, 3.63) is 120 Å². The molecule has 0 saturated heterocycles. The zero-order chi connectivity index (χ0) is 41.1. The van der Waals surface area contributed by atoms with Crippen LogP contribution in [0.4, 0.5) is 0 Å². The third-order valence-electron chi connectivity index (χ3n) is 12.0. The molecule has 0 amide bonds. The fourth-order valence-electron chi connectivity index (χ4n) is 8.74. The van der Waals surface area contributed by atoms with E-state index in [1.807, 2.05) is 12.2 Å². The Balaban J connectivity index is 1.82. The molecule has 307 valence electrons. The second-order valence-corrected chi connectivity index (χ2v) is 22.3. The Hall–Kier alpha value is -3.82. The molecule has 1 heterocycles. The van der Waals surface area contributed by atoms with E-state index in [0.29, 0.717) is 13.2 Å². The van der Waals surface area contributed by atoms with Crippen LogP contribution >= 0.6 is 0 Å². The summed E-state index contributed by atoms with van der Waals surface area (Å²) in [6, 6.07) is 29.7. The molecule has 0 atom stereocenters. The van der Waals surface area contributed by atoms with E-state index in [-0.39, 0.29) is 10.8 Å². The van der Waals surface area contributed by atoms with Gasteiger partial charge in [0.1, 0.15) is 11.5 Å². The van der Waals surface area contributed by atoms with Gasteiger partial charge in [0, 0.05) is 0 Å². The van der Waals surface area contributed by atoms with Crippen molar-refractivity contribution in [3.8, 4) is 22.6 Å². The van der Waals surface area contributed by atoms with E-state index in [1.54, 1.807) is 0 Å². The monoisotopic (exact) mass is 783 g/mol. The van der Waals surface area contributed by atoms with Crippen LogP contribution < -0.4 is 30.2 Å². The molecule has 0 spiro atoms. The molecule has 3 heteroatoms. The van der Waals surface area contributed by atoms with E-state index >= 15 is 0 Å². The number of benzene rings is 4. The first-order valence-electron chi connectivity index (χ1n) is 22.4. The Morgan fingerprint density at radius 3 is 1.23 bits per heavy atom. The van der Waals surface area contributed by atoms with Gasteiger partial charge in [-0.25, -0.2) is 0 Å². The molecule has 0 fully saturated rings. The van der Waals surface area contributed by atoms with Gasteiger partial charge in [-0.05, 0) is 116 Å². The summed E-state index contributed by atoms with van der Waals surface area (Å²) < 4.78 is 13.5. The molecule has 1 aliphatic rings. The molecule has 0 radical (unpaired) electrons. The molecule has 0 bridgehead atoms. The Kier molecular flexibility index (Phi) is 15.7. The fraction of sp³-hybridized carbons (Fsp3) is 0.481. The zero-order valence-electron chi connectivity index (χ0n) is 37.1. The SMILES string of the molecule is C=CCCCOc1cc2c(cc1C(C)(C)C)[Si-](c1ccc(CCCCCC)cc1)(c1ccc(CCCCCC)cc1)c1cc(C(C)(C)C)c(OCCCC=C)cc1-2. The first-order valence-corrected chi connectivity index (χ1v) is 24.4. The van der Waals surface area contributed by atoms with Crippen LogP contribution in [0.5, 0.6) is 11.5 Å². The lowest BCUT2D eigenvalue weighted by Crippen LogP contribution is -2.73. The quantitative estimate of drug-likeness (QED) is 0.0395. The maximum absolute atomic E-state index is 6.75. The van der Waals surface area contributed by atoms with Crippen LogP contribution in [-0.2, 0) is 23.7 Å². The Bertz CT molecular complexity index is 1760. The van der Waals surface area contributed by atoms with Crippen LogP contribution in [0.2, 0.25) is 0 Å². The summed E-state index contributed by atoms with van der Waals surface area (Å²) in [6.07, 6.45) is 20.3. The molecular formula is C54H74O2Si-. The molecule has 1 aliphatic heterocycles. The Morgan fingerprint density at radius 1 is 0.509 bits per heavy atom. The highest BCUT2D eigenvalue weighted by molar-refractivity contribution is 7.22. The van der Waals surface area contributed by atoms with Gasteiger partial charge in [0.15, 0.2) is 0 Å². The van der Waals surface area contributed by atoms with Crippen LogP contribution in [0.3, 0.4) is 0 Å². The second-order valence-electron chi connectivity index (χ2n) is 18.6. The van der Waals surface area contributed by atoms with Crippen molar-refractivity contribution in [2.45, 2.75) is 156 Å². The number of allylic oxidation sites excluding steroid dienone is 2. The molecule has 0 unspecified atom stereocenters. The molecule has 57 heavy (non-hydrogen) atoms. The lowest BCUT2D eigenvalue weighted by Gasteiger charge is -2.45. The second kappa shape index (κ2) is 20.2. The normalized spacial score (nSPS) is 13.3. The highest BCUT2D eigenvalue weighted by Gasteiger charge is 2.40. The lowest BCUT2D eigenvalue weighted by molar-refractivity contribution is 0.303. The number of unbranched alkanes of at least 4 members (excludes halogenated alkanes) is 8. The van der Waals surface area contributed by atoms with E-state index in [4.69, 9.17) is 9.47 Å². The topological polar surface area (TPSA) is 18.5 Å². The minimum absolute atomic E-state index is 0.113. The van der Waals surface area contributed by atoms with Gasteiger partial charge in [-0.2, -0.15) is 20.7 Å². The fourth-order valence-corrected chi connectivity index (χ4v) is 13.9. The first-order chi connectivity index (χ1) is 27.4. The molecule has 0 aliphatic carbocycles. The lowest BCUT2D eigenvalue weighted by atomic mass is 9.84. The summed E-state index contributed by atoms with van der Waals surface area (Å²) in [7, 11) is -2.85. The summed E-state index contributed by atoms with van der Waals surface area (Å²) in [5.74, 6) is 2.00. The third kappa shape index (κ3) is 10.4. The molecular weight excluding hydrogens is 709 g/mol. The average molecular weight is 783 g/mol. The van der Waals surface area contributed by atoms with Crippen LogP contribution in [-0.4, -0.2) is 21.3 Å². The summed E-state index contributed by atoms with van der Waals surface area (Å²) in [5.41, 5.74) is 7.81. The minimum atomic E-state index is -2.85. The molecule has 4 aromatic carbocycles. The highest BCUT2D eigenvalue weighted by atomic mass is 28.3. The van der Waals surface area contributed by atoms with Gasteiger partial charge in [0.2, 0.25) is 0 Å². The number of rotatable bonds is 22. The number of hydrogen-bond acceptors (Lipinski definition) is 2. The number of hydrogen-bond donors (Lipinski definition) is 0. The summed E-state index contributed by atoms with van der Waals surface area (Å²) in [4.78, 5) is 0. The van der Waals surface area contributed by atoms with E-state index in [1.165, 1.54) is 105 Å². The van der Waals surface area contributed by atoms with Crippen molar-refractivity contribution >= 4 is 28.8 Å². The third-order valence-corrected chi connectivity index (χ3v) is 16.8. The van der Waals surface area contributed by atoms with Gasteiger partial charge in [-0.15, -0.1) is 13.2 Å². The highest BCUT2D eigenvalue weighted by Crippen LogP contribution is 2.42. The van der Waals surface area contributed by atoms with Crippen molar-refractivity contribution in [1.82, 2.24) is 0 Å². The van der Waals surface area contributed by atoms with Crippen molar-refractivity contribution < 1.29 is 9.47 Å². The predicted octanol–water partition coefficient (Wildman–Crippen LogP) is 12.6. The first kappa shape index (κ1) is 44.3. The van der Waals surface area contributed by atoms with Crippen molar-refractivity contribution in [3.63, 3.8) is 0 Å². The minimum Gasteiger partial charge on any atom is -0.493 e. The number of aryl methyl sites for hydroxylation is 2. The number of ether oxygens (including phenoxy) is 2. The molecule has 4 aromatic rings. The standard InChI is InChI=1S/C54H74O2Si/c1-11-15-19-21-25-41-27-31-43(32-28-41)57(44-33-29-42(30-34-44)26-22-20-16-12-2)51-39-47(53(5,6)7)49(55-35-23-17-13-3)37-45(51)46-38-50(56-36-24-18-14-4)48(40-52(46)57)54(8,9)10/h13-14,27-34,37-40H,3-4,11-12,15-26,35-36H2,1-2,5-10H3/q-1. The van der Waals surface area contributed by atoms with Crippen LogP contribution in [0.25, 0.3) is 11.1 Å². The molecule has 0 aromatic heterocycles. The Morgan fingerprint density at radius 2 is 0.895 bits per heavy atom. The number of fused-ring (bicyclic) bond motifs is 3. The van der Waals surface area contributed by atoms with E-state index in [9.17, 15) is 0 Å². The van der Waals surface area contributed by atoms with Crippen LogP contribution in [0, 0.1) is 0 Å². The van der Waals surface area contributed by atoms with Crippen LogP contribution in [0.15, 0.2) is 98.1 Å². The van der Waals surface area contributed by atoms with E-state index in [0.717, 1.165) is 50.0 Å². The van der Waals surface area contributed by atoms with Gasteiger partial charge in [0.05, 0.1) is 13.2 Å². The average Bonchev–Trinajstić information content (AvgIpc) is 3.46. The summed E-state index contributed by atoms with van der Waals surface area (Å²) >= 11 is 0. The van der Waals surface area contributed by atoms with Crippen LogP contribution in [0.1, 0.15) is 155 Å². The van der Waals surface area contributed by atoms with Crippen molar-refractivity contribution in [2.24, 2.45) is 0 Å². The van der Waals surface area contributed by atoms with Gasteiger partial charge >= 0.3 is 0 Å². The van der Waals surface area contributed by atoms with Gasteiger partial charge < -0.3 is 9.47 Å². The van der Waals surface area contributed by atoms with Gasteiger partial charge in [0.25, 0.3) is 0 Å². The van der Waals surface area contributed by atoms with Gasteiger partial charge in [-0.3, -0.25) is 0 Å². The molecule has 0 N–H and O–H groups in total. The molecule has 5 rings (SSSR count). The van der Waals surface area contributed by atoms with E-state index in [2.05, 4.69) is 141 Å². The van der Waals surface area contributed by atoms with Crippen molar-refractivity contribution in [2.75, 3.05) is 13.2 Å². The maximum atomic E-state index is 6.75. The molecule has 2 nitrogen and oxygen atoms in total. The van der Waals surface area contributed by atoms with Crippen molar-refractivity contribution in [1.29, 1.82) is 0 Å². The maximum Gasteiger partial charge on any atom is 0.123 e. The van der Waals surface area contributed by atoms with Gasteiger partial charge in [-0.1, -0.05) is 167 Å². The summed E-state index contributed by atoms with van der Waals surface area (Å²) in [6.45, 7) is 27.9. The smallest absolute Gasteiger partial charge is 0.123 e.